The molecule has 0 saturated heterocycles. The summed E-state index contributed by atoms with van der Waals surface area (Å²) in [7, 11) is 1.62. The quantitative estimate of drug-likeness (QED) is 0.607. The fourth-order valence-electron chi connectivity index (χ4n) is 2.10. The number of hydrogen-bond acceptors (Lipinski definition) is 6. The smallest absolute Gasteiger partial charge is 0.237 e. The van der Waals surface area contributed by atoms with E-state index >= 15 is 0 Å². The van der Waals surface area contributed by atoms with Crippen molar-refractivity contribution in [3.8, 4) is 16.3 Å². The molecule has 1 atom stereocenters. The highest BCUT2D eigenvalue weighted by molar-refractivity contribution is 7.99. The van der Waals surface area contributed by atoms with Gasteiger partial charge in [0.2, 0.25) is 5.91 Å². The van der Waals surface area contributed by atoms with E-state index < -0.39 is 0 Å². The Labute approximate surface area is 159 Å². The average molecular weight is 391 g/mol. The standard InChI is InChI=1S/C18H18N2O2S3/c1-12(17(21)19-14-3-5-16(22-2)6-4-14)24-10-15-11-25-18(20-15)13-7-8-23-9-13/h3-9,11-12H,10H2,1-2H3,(H,19,21). The lowest BCUT2D eigenvalue weighted by Crippen LogP contribution is -2.22. The lowest BCUT2D eigenvalue weighted by atomic mass is 10.3. The number of hydrogen-bond donors (Lipinski definition) is 1. The van der Waals surface area contributed by atoms with Gasteiger partial charge in [-0.1, -0.05) is 0 Å². The lowest BCUT2D eigenvalue weighted by molar-refractivity contribution is -0.115. The fraction of sp³-hybridized carbons (Fsp3) is 0.222. The molecule has 0 fully saturated rings. The van der Waals surface area contributed by atoms with Crippen LogP contribution in [-0.4, -0.2) is 23.3 Å². The molecule has 130 valence electrons. The summed E-state index contributed by atoms with van der Waals surface area (Å²) in [5, 5.41) is 10.0. The Hall–Kier alpha value is -1.83. The largest absolute Gasteiger partial charge is 0.497 e. The van der Waals surface area contributed by atoms with Gasteiger partial charge in [0.15, 0.2) is 0 Å². The van der Waals surface area contributed by atoms with Gasteiger partial charge in [0.1, 0.15) is 10.8 Å². The van der Waals surface area contributed by atoms with Gasteiger partial charge in [-0.15, -0.1) is 23.1 Å². The van der Waals surface area contributed by atoms with E-state index in [-0.39, 0.29) is 11.2 Å². The molecule has 1 aromatic carbocycles. The van der Waals surface area contributed by atoms with E-state index in [0.717, 1.165) is 33.5 Å². The molecule has 4 nitrogen and oxygen atoms in total. The fourth-order valence-corrected chi connectivity index (χ4v) is 4.51. The summed E-state index contributed by atoms with van der Waals surface area (Å²) in [5.41, 5.74) is 2.95. The third kappa shape index (κ3) is 4.84. The van der Waals surface area contributed by atoms with Crippen molar-refractivity contribution in [2.75, 3.05) is 12.4 Å². The van der Waals surface area contributed by atoms with E-state index in [2.05, 4.69) is 32.5 Å². The van der Waals surface area contributed by atoms with Crippen LogP contribution in [0.2, 0.25) is 0 Å². The zero-order valence-electron chi connectivity index (χ0n) is 13.9. The lowest BCUT2D eigenvalue weighted by Gasteiger charge is -2.11. The number of carbonyl (C=O) groups is 1. The van der Waals surface area contributed by atoms with Crippen molar-refractivity contribution in [1.82, 2.24) is 4.98 Å². The first kappa shape index (κ1) is 18.0. The Kier molecular flexibility index (Phi) is 6.12. The van der Waals surface area contributed by atoms with Gasteiger partial charge >= 0.3 is 0 Å². The molecule has 25 heavy (non-hydrogen) atoms. The van der Waals surface area contributed by atoms with E-state index in [1.165, 1.54) is 0 Å². The van der Waals surface area contributed by atoms with Crippen LogP contribution in [0.1, 0.15) is 12.6 Å². The number of ether oxygens (including phenoxy) is 1. The number of methoxy groups -OCH3 is 1. The number of nitrogens with one attached hydrogen (secondary N) is 1. The molecule has 0 saturated carbocycles. The molecular weight excluding hydrogens is 372 g/mol. The molecule has 0 aliphatic heterocycles. The summed E-state index contributed by atoms with van der Waals surface area (Å²) < 4.78 is 5.12. The van der Waals surface area contributed by atoms with Crippen molar-refractivity contribution in [2.24, 2.45) is 0 Å². The Morgan fingerprint density at radius 1 is 1.28 bits per heavy atom. The number of amides is 1. The molecule has 2 aromatic heterocycles. The first-order valence-corrected chi connectivity index (χ1v) is 10.6. The number of carbonyl (C=O) groups excluding carboxylic acids is 1. The van der Waals surface area contributed by atoms with Gasteiger partial charge in [0, 0.05) is 27.8 Å². The van der Waals surface area contributed by atoms with Crippen LogP contribution < -0.4 is 10.1 Å². The van der Waals surface area contributed by atoms with Gasteiger partial charge in [-0.05, 0) is 42.6 Å². The number of anilines is 1. The summed E-state index contributed by atoms with van der Waals surface area (Å²) in [4.78, 5) is 16.9. The summed E-state index contributed by atoms with van der Waals surface area (Å²) >= 11 is 4.90. The minimum atomic E-state index is -0.159. The zero-order valence-corrected chi connectivity index (χ0v) is 16.3. The van der Waals surface area contributed by atoms with Crippen LogP contribution >= 0.6 is 34.4 Å². The molecule has 1 N–H and O–H groups in total. The normalized spacial score (nSPS) is 11.9. The van der Waals surface area contributed by atoms with E-state index in [1.54, 1.807) is 41.5 Å². The van der Waals surface area contributed by atoms with Gasteiger partial charge in [0.05, 0.1) is 18.1 Å². The molecule has 2 heterocycles. The molecule has 3 aromatic rings. The molecule has 0 bridgehead atoms. The molecule has 1 unspecified atom stereocenters. The highest BCUT2D eigenvalue weighted by Gasteiger charge is 2.15. The van der Waals surface area contributed by atoms with E-state index in [0.29, 0.717) is 0 Å². The predicted octanol–water partition coefficient (Wildman–Crippen LogP) is 5.14. The van der Waals surface area contributed by atoms with Crippen molar-refractivity contribution >= 4 is 46.0 Å². The zero-order chi connectivity index (χ0) is 17.6. The van der Waals surface area contributed by atoms with Crippen molar-refractivity contribution in [3.05, 3.63) is 52.2 Å². The topological polar surface area (TPSA) is 51.2 Å². The average Bonchev–Trinajstić information content (AvgIpc) is 3.31. The maximum Gasteiger partial charge on any atom is 0.237 e. The number of benzene rings is 1. The number of thiophene rings is 1. The molecular formula is C18H18N2O2S3. The van der Waals surface area contributed by atoms with Crippen molar-refractivity contribution in [1.29, 1.82) is 0 Å². The second-order valence-corrected chi connectivity index (χ2v) is 8.29. The summed E-state index contributed by atoms with van der Waals surface area (Å²) in [6.07, 6.45) is 0. The predicted molar refractivity (Wildman–Crippen MR) is 108 cm³/mol. The van der Waals surface area contributed by atoms with E-state index in [4.69, 9.17) is 4.74 Å². The van der Waals surface area contributed by atoms with Crippen LogP contribution in [0.15, 0.2) is 46.5 Å². The minimum Gasteiger partial charge on any atom is -0.497 e. The third-order valence-electron chi connectivity index (χ3n) is 3.53. The van der Waals surface area contributed by atoms with Crippen LogP contribution in [0.4, 0.5) is 5.69 Å². The molecule has 3 rings (SSSR count). The molecule has 0 aliphatic rings. The van der Waals surface area contributed by atoms with Crippen LogP contribution in [0.3, 0.4) is 0 Å². The maximum absolute atomic E-state index is 12.3. The Morgan fingerprint density at radius 2 is 2.08 bits per heavy atom. The van der Waals surface area contributed by atoms with Crippen molar-refractivity contribution < 1.29 is 9.53 Å². The van der Waals surface area contributed by atoms with Gasteiger partial charge < -0.3 is 10.1 Å². The molecule has 7 heteroatoms. The number of thiazole rings is 1. The Bertz CT molecular complexity index is 813. The molecule has 0 radical (unpaired) electrons. The molecule has 0 aliphatic carbocycles. The van der Waals surface area contributed by atoms with Crippen LogP contribution in [-0.2, 0) is 10.5 Å². The van der Waals surface area contributed by atoms with Gasteiger partial charge in [-0.3, -0.25) is 4.79 Å². The number of thioether (sulfide) groups is 1. The third-order valence-corrected chi connectivity index (χ3v) is 6.33. The van der Waals surface area contributed by atoms with Crippen molar-refractivity contribution in [3.63, 3.8) is 0 Å². The Morgan fingerprint density at radius 3 is 2.76 bits per heavy atom. The van der Waals surface area contributed by atoms with Gasteiger partial charge in [0.25, 0.3) is 0 Å². The van der Waals surface area contributed by atoms with E-state index in [1.807, 2.05) is 31.2 Å². The maximum atomic E-state index is 12.3. The number of nitrogens with zero attached hydrogens (tertiary/aromatic N) is 1. The van der Waals surface area contributed by atoms with Gasteiger partial charge in [-0.2, -0.15) is 11.3 Å². The monoisotopic (exact) mass is 390 g/mol. The number of aromatic nitrogens is 1. The second kappa shape index (κ2) is 8.51. The summed E-state index contributed by atoms with van der Waals surface area (Å²) in [6.45, 7) is 1.91. The van der Waals surface area contributed by atoms with Crippen LogP contribution in [0, 0.1) is 0 Å². The molecule has 0 spiro atoms. The SMILES string of the molecule is COc1ccc(NC(=O)C(C)SCc2csc(-c3ccsc3)n2)cc1. The van der Waals surface area contributed by atoms with Gasteiger partial charge in [-0.25, -0.2) is 4.98 Å². The first-order valence-electron chi connectivity index (χ1n) is 7.69. The van der Waals surface area contributed by atoms with Crippen molar-refractivity contribution in [2.45, 2.75) is 17.9 Å². The summed E-state index contributed by atoms with van der Waals surface area (Å²) in [6, 6.07) is 9.40. The van der Waals surface area contributed by atoms with Crippen LogP contribution in [0.25, 0.3) is 10.6 Å². The minimum absolute atomic E-state index is 0.0107. The van der Waals surface area contributed by atoms with Crippen LogP contribution in [0.5, 0.6) is 5.75 Å². The highest BCUT2D eigenvalue weighted by atomic mass is 32.2. The second-order valence-electron chi connectivity index (χ2n) is 5.33. The number of rotatable bonds is 7. The van der Waals surface area contributed by atoms with E-state index in [9.17, 15) is 4.79 Å². The Balaban J connectivity index is 1.51. The molecule has 1 amide bonds. The summed E-state index contributed by atoms with van der Waals surface area (Å²) in [5.74, 6) is 1.48. The first-order chi connectivity index (χ1) is 12.2. The highest BCUT2D eigenvalue weighted by Crippen LogP contribution is 2.28.